The summed E-state index contributed by atoms with van der Waals surface area (Å²) >= 11 is 0. The van der Waals surface area contributed by atoms with Crippen LogP contribution in [-0.2, 0) is 35.3 Å². The number of nitrogens with zero attached hydrogens (tertiary/aromatic N) is 4. The summed E-state index contributed by atoms with van der Waals surface area (Å²) in [6, 6.07) is 27.0. The maximum Gasteiger partial charge on any atom is 0.416 e. The first kappa shape index (κ1) is 35.3. The molecule has 4 aromatic rings. The summed E-state index contributed by atoms with van der Waals surface area (Å²) < 4.78 is 45.0. The molecule has 256 valence electrons. The van der Waals surface area contributed by atoms with Crippen LogP contribution in [0.3, 0.4) is 0 Å². The summed E-state index contributed by atoms with van der Waals surface area (Å²) in [6.07, 6.45) is 0.175. The molecule has 1 aromatic heterocycles. The first-order chi connectivity index (χ1) is 23.5. The van der Waals surface area contributed by atoms with E-state index >= 15 is 0 Å². The second kappa shape index (κ2) is 16.4. The van der Waals surface area contributed by atoms with E-state index in [1.165, 1.54) is 34.7 Å². The number of amides is 2. The molecule has 49 heavy (non-hydrogen) atoms. The number of pyridine rings is 1. The van der Waals surface area contributed by atoms with E-state index in [0.29, 0.717) is 43.2 Å². The Hall–Kier alpha value is -4.96. The number of alkyl halides is 3. The van der Waals surface area contributed by atoms with E-state index in [4.69, 9.17) is 4.74 Å². The zero-order valence-corrected chi connectivity index (χ0v) is 27.7. The molecule has 0 aliphatic carbocycles. The van der Waals surface area contributed by atoms with E-state index in [1.807, 2.05) is 73.3 Å². The number of carbonyl (C=O) groups is 2. The van der Waals surface area contributed by atoms with Crippen molar-refractivity contribution in [3.8, 4) is 5.88 Å². The van der Waals surface area contributed by atoms with Crippen molar-refractivity contribution < 1.29 is 27.5 Å². The minimum absolute atomic E-state index is 0.0622. The number of carbonyl (C=O) groups excluding carboxylic acids is 2. The van der Waals surface area contributed by atoms with Gasteiger partial charge in [0.2, 0.25) is 17.7 Å². The van der Waals surface area contributed by atoms with Gasteiger partial charge in [-0.2, -0.15) is 13.2 Å². The second-order valence-corrected chi connectivity index (χ2v) is 12.4. The molecule has 1 atom stereocenters. The third-order valence-corrected chi connectivity index (χ3v) is 8.31. The molecule has 0 saturated carbocycles. The number of halogens is 3. The molecule has 0 bridgehead atoms. The zero-order chi connectivity index (χ0) is 34.8. The molecule has 0 spiro atoms. The summed E-state index contributed by atoms with van der Waals surface area (Å²) in [6.45, 7) is 7.11. The lowest BCUT2D eigenvalue weighted by molar-refractivity contribution is -0.145. The lowest BCUT2D eigenvalue weighted by atomic mass is 10.0. The lowest BCUT2D eigenvalue weighted by Crippen LogP contribution is -2.56. The molecule has 1 aliphatic rings. The Labute approximate surface area is 285 Å². The van der Waals surface area contributed by atoms with Gasteiger partial charge in [0.1, 0.15) is 6.04 Å². The van der Waals surface area contributed by atoms with E-state index in [0.717, 1.165) is 24.2 Å². The number of benzene rings is 3. The number of rotatable bonds is 12. The van der Waals surface area contributed by atoms with Gasteiger partial charge in [0.05, 0.1) is 11.7 Å². The Bertz CT molecular complexity index is 1670. The Balaban J connectivity index is 1.41. The van der Waals surface area contributed by atoms with Crippen LogP contribution in [0.15, 0.2) is 109 Å². The highest BCUT2D eigenvalue weighted by atomic mass is 19.4. The van der Waals surface area contributed by atoms with Crippen molar-refractivity contribution in [2.24, 2.45) is 0 Å². The van der Waals surface area contributed by atoms with Gasteiger partial charge in [-0.05, 0) is 54.3 Å². The fourth-order valence-corrected chi connectivity index (χ4v) is 5.75. The SMILES string of the molecule is CC(C)Oc1ccc(CN(C(=O)/C=C/c2ccc(C(F)(F)F)cc2)[C@@H](Cc2ccccc2)C(=O)N2CCN(Cc3ccccc3)CC2)cn1. The molecule has 7 nitrogen and oxygen atoms in total. The van der Waals surface area contributed by atoms with Crippen LogP contribution >= 0.6 is 0 Å². The molecule has 2 heterocycles. The fourth-order valence-electron chi connectivity index (χ4n) is 5.75. The zero-order valence-electron chi connectivity index (χ0n) is 27.7. The minimum atomic E-state index is -4.46. The van der Waals surface area contributed by atoms with Crippen molar-refractivity contribution in [2.45, 2.75) is 51.7 Å². The standard InChI is InChI=1S/C39H41F3N4O3/c1-29(2)49-36-19-15-33(26-43-36)28-46(37(47)20-16-30-13-17-34(18-14-30)39(40,41)42)35(25-31-9-5-3-6-10-31)38(48)45-23-21-44(22-24-45)27-32-11-7-4-8-12-32/h3-20,26,29,35H,21-25,27-28H2,1-2H3/b20-16+/t35-/m0/s1. The van der Waals surface area contributed by atoms with Crippen LogP contribution in [0.5, 0.6) is 5.88 Å². The normalized spacial score (nSPS) is 14.6. The number of hydrogen-bond donors (Lipinski definition) is 0. The summed E-state index contributed by atoms with van der Waals surface area (Å²) in [4.78, 5) is 38.6. The molecule has 5 rings (SSSR count). The molecule has 1 fully saturated rings. The van der Waals surface area contributed by atoms with Gasteiger partial charge in [0.25, 0.3) is 0 Å². The van der Waals surface area contributed by atoms with Crippen LogP contribution in [0.2, 0.25) is 0 Å². The van der Waals surface area contributed by atoms with Crippen LogP contribution in [0.4, 0.5) is 13.2 Å². The van der Waals surface area contributed by atoms with Crippen molar-refractivity contribution in [2.75, 3.05) is 26.2 Å². The second-order valence-electron chi connectivity index (χ2n) is 12.4. The number of aromatic nitrogens is 1. The van der Waals surface area contributed by atoms with E-state index in [2.05, 4.69) is 22.0 Å². The van der Waals surface area contributed by atoms with Gasteiger partial charge in [0, 0.05) is 64.0 Å². The molecule has 10 heteroatoms. The van der Waals surface area contributed by atoms with E-state index in [9.17, 15) is 22.8 Å². The number of hydrogen-bond acceptors (Lipinski definition) is 5. The van der Waals surface area contributed by atoms with Crippen LogP contribution in [0.25, 0.3) is 6.08 Å². The van der Waals surface area contributed by atoms with Gasteiger partial charge in [-0.1, -0.05) is 78.9 Å². The van der Waals surface area contributed by atoms with Gasteiger partial charge < -0.3 is 14.5 Å². The molecule has 3 aromatic carbocycles. The Morgan fingerprint density at radius 3 is 2.04 bits per heavy atom. The summed E-state index contributed by atoms with van der Waals surface area (Å²) in [5.41, 5.74) is 2.46. The van der Waals surface area contributed by atoms with Crippen LogP contribution in [-0.4, -0.2) is 69.8 Å². The van der Waals surface area contributed by atoms with E-state index in [1.54, 1.807) is 12.3 Å². The highest BCUT2D eigenvalue weighted by molar-refractivity contribution is 5.95. The van der Waals surface area contributed by atoms with Crippen LogP contribution in [0.1, 0.15) is 41.7 Å². The molecule has 0 radical (unpaired) electrons. The van der Waals surface area contributed by atoms with Crippen molar-refractivity contribution >= 4 is 17.9 Å². The molecule has 0 N–H and O–H groups in total. The first-order valence-corrected chi connectivity index (χ1v) is 16.4. The van der Waals surface area contributed by atoms with Gasteiger partial charge in [-0.15, -0.1) is 0 Å². The highest BCUT2D eigenvalue weighted by Gasteiger charge is 2.34. The average molecular weight is 671 g/mol. The summed E-state index contributed by atoms with van der Waals surface area (Å²) in [7, 11) is 0. The molecule has 1 aliphatic heterocycles. The largest absolute Gasteiger partial charge is 0.475 e. The van der Waals surface area contributed by atoms with Crippen molar-refractivity contribution in [1.29, 1.82) is 0 Å². The monoisotopic (exact) mass is 670 g/mol. The highest BCUT2D eigenvalue weighted by Crippen LogP contribution is 2.29. The Morgan fingerprint density at radius 2 is 1.47 bits per heavy atom. The van der Waals surface area contributed by atoms with Crippen LogP contribution in [0, 0.1) is 0 Å². The Morgan fingerprint density at radius 1 is 0.837 bits per heavy atom. The summed E-state index contributed by atoms with van der Waals surface area (Å²) in [5, 5.41) is 0. The van der Waals surface area contributed by atoms with Gasteiger partial charge in [-0.25, -0.2) is 4.98 Å². The molecule has 0 unspecified atom stereocenters. The van der Waals surface area contributed by atoms with Crippen molar-refractivity contribution in [1.82, 2.24) is 19.7 Å². The van der Waals surface area contributed by atoms with Gasteiger partial charge in [0.15, 0.2) is 0 Å². The van der Waals surface area contributed by atoms with Gasteiger partial charge in [-0.3, -0.25) is 14.5 Å². The summed E-state index contributed by atoms with van der Waals surface area (Å²) in [5.74, 6) is -0.157. The van der Waals surface area contributed by atoms with Crippen molar-refractivity contribution in [3.05, 3.63) is 137 Å². The van der Waals surface area contributed by atoms with Crippen LogP contribution < -0.4 is 4.74 Å². The Kier molecular flexibility index (Phi) is 11.9. The smallest absolute Gasteiger partial charge is 0.416 e. The van der Waals surface area contributed by atoms with Crippen molar-refractivity contribution in [3.63, 3.8) is 0 Å². The molecular formula is C39H41F3N4O3. The molecule has 1 saturated heterocycles. The fraction of sp³-hybridized carbons (Fsp3) is 0.308. The quantitative estimate of drug-likeness (QED) is 0.154. The topological polar surface area (TPSA) is 66.0 Å². The molecule has 2 amide bonds. The first-order valence-electron chi connectivity index (χ1n) is 16.4. The minimum Gasteiger partial charge on any atom is -0.475 e. The third kappa shape index (κ3) is 10.3. The maximum absolute atomic E-state index is 14.4. The number of piperazine rings is 1. The predicted molar refractivity (Wildman–Crippen MR) is 183 cm³/mol. The third-order valence-electron chi connectivity index (χ3n) is 8.31. The number of ether oxygens (including phenoxy) is 1. The maximum atomic E-state index is 14.4. The van der Waals surface area contributed by atoms with E-state index in [-0.39, 0.29) is 25.0 Å². The predicted octanol–water partition coefficient (Wildman–Crippen LogP) is 6.89. The molecular weight excluding hydrogens is 629 g/mol. The lowest BCUT2D eigenvalue weighted by Gasteiger charge is -2.39. The average Bonchev–Trinajstić information content (AvgIpc) is 3.10. The van der Waals surface area contributed by atoms with E-state index < -0.39 is 23.7 Å². The van der Waals surface area contributed by atoms with Gasteiger partial charge >= 0.3 is 6.18 Å².